The van der Waals surface area contributed by atoms with Gasteiger partial charge in [-0.15, -0.1) is 11.3 Å². The van der Waals surface area contributed by atoms with E-state index in [0.717, 1.165) is 0 Å². The van der Waals surface area contributed by atoms with Gasteiger partial charge in [0.15, 0.2) is 5.78 Å². The number of hydrogen-bond donors (Lipinski definition) is 1. The van der Waals surface area contributed by atoms with E-state index in [1.54, 1.807) is 36.6 Å². The number of hydrogen-bond acceptors (Lipinski definition) is 6. The molecular weight excluding hydrogens is 356 g/mol. The molecule has 26 heavy (non-hydrogen) atoms. The zero-order valence-electron chi connectivity index (χ0n) is 13.9. The fourth-order valence-electron chi connectivity index (χ4n) is 2.32. The molecule has 8 nitrogen and oxygen atoms in total. The van der Waals surface area contributed by atoms with Crippen molar-refractivity contribution in [1.82, 2.24) is 9.78 Å². The Morgan fingerprint density at radius 3 is 2.50 bits per heavy atom. The lowest BCUT2D eigenvalue weighted by molar-refractivity contribution is -0.384. The highest BCUT2D eigenvalue weighted by atomic mass is 32.1. The number of aryl methyl sites for hydroxylation is 1. The molecule has 1 aromatic carbocycles. The van der Waals surface area contributed by atoms with Crippen LogP contribution in [0.3, 0.4) is 0 Å². The summed E-state index contributed by atoms with van der Waals surface area (Å²) in [4.78, 5) is 34.5. The van der Waals surface area contributed by atoms with E-state index in [0.29, 0.717) is 27.6 Å². The molecule has 2 aromatic heterocycles. The van der Waals surface area contributed by atoms with Gasteiger partial charge in [-0.25, -0.2) is 4.68 Å². The first-order chi connectivity index (χ1) is 12.3. The van der Waals surface area contributed by atoms with Gasteiger partial charge in [0, 0.05) is 29.1 Å². The van der Waals surface area contributed by atoms with Gasteiger partial charge in [-0.05, 0) is 32.0 Å². The number of Topliss-reactive ketones (excluding diaryl/α,β-unsaturated/α-hetero) is 1. The molecule has 0 spiro atoms. The van der Waals surface area contributed by atoms with Crippen molar-refractivity contribution in [3.8, 4) is 5.69 Å². The number of amides is 1. The Balaban J connectivity index is 1.87. The fraction of sp³-hybridized carbons (Fsp3) is 0.118. The molecule has 0 fully saturated rings. The van der Waals surface area contributed by atoms with Crippen molar-refractivity contribution < 1.29 is 14.5 Å². The second-order valence-electron chi connectivity index (χ2n) is 5.57. The average molecular weight is 370 g/mol. The summed E-state index contributed by atoms with van der Waals surface area (Å²) in [5.41, 5.74) is 1.71. The number of aromatic nitrogens is 2. The van der Waals surface area contributed by atoms with E-state index in [9.17, 15) is 19.7 Å². The van der Waals surface area contributed by atoms with Crippen LogP contribution in [0.4, 0.5) is 11.5 Å². The first-order valence-corrected chi connectivity index (χ1v) is 8.45. The molecule has 3 aromatic rings. The van der Waals surface area contributed by atoms with Crippen LogP contribution in [0.2, 0.25) is 0 Å². The molecule has 0 saturated heterocycles. The van der Waals surface area contributed by atoms with E-state index < -0.39 is 4.92 Å². The van der Waals surface area contributed by atoms with Crippen LogP contribution >= 0.6 is 11.3 Å². The molecule has 9 heteroatoms. The predicted octanol–water partition coefficient (Wildman–Crippen LogP) is 3.61. The number of nitrogens with zero attached hydrogens (tertiary/aromatic N) is 3. The van der Waals surface area contributed by atoms with Crippen molar-refractivity contribution in [3.05, 3.63) is 68.0 Å². The molecule has 0 unspecified atom stereocenters. The number of nitro benzene ring substituents is 1. The minimum Gasteiger partial charge on any atom is -0.306 e. The minimum atomic E-state index is -0.482. The fourth-order valence-corrected chi connectivity index (χ4v) is 3.16. The standard InChI is InChI=1S/C17H14N4O4S/c1-10-7-16(18-17(23)15-8-12(9-26-15)11(2)22)20(19-10)13-3-5-14(6-4-13)21(24)25/h3-9H,1-2H3,(H,18,23). The van der Waals surface area contributed by atoms with E-state index >= 15 is 0 Å². The van der Waals surface area contributed by atoms with E-state index in [1.807, 2.05) is 0 Å². The van der Waals surface area contributed by atoms with Crippen LogP contribution in [-0.2, 0) is 0 Å². The second kappa shape index (κ2) is 6.89. The van der Waals surface area contributed by atoms with Crippen molar-refractivity contribution in [2.45, 2.75) is 13.8 Å². The number of non-ortho nitro benzene ring substituents is 1. The predicted molar refractivity (Wildman–Crippen MR) is 97.2 cm³/mol. The lowest BCUT2D eigenvalue weighted by Gasteiger charge is -2.08. The molecule has 0 atom stereocenters. The van der Waals surface area contributed by atoms with Crippen LogP contribution in [0.25, 0.3) is 5.69 Å². The highest BCUT2D eigenvalue weighted by Gasteiger charge is 2.16. The van der Waals surface area contributed by atoms with Gasteiger partial charge in [0.2, 0.25) is 0 Å². The molecule has 0 bridgehead atoms. The van der Waals surface area contributed by atoms with Gasteiger partial charge in [-0.1, -0.05) is 0 Å². The smallest absolute Gasteiger partial charge is 0.269 e. The SMILES string of the molecule is CC(=O)c1csc(C(=O)Nc2cc(C)nn2-c2ccc([N+](=O)[O-])cc2)c1. The molecule has 1 N–H and O–H groups in total. The highest BCUT2D eigenvalue weighted by molar-refractivity contribution is 7.12. The number of benzene rings is 1. The van der Waals surface area contributed by atoms with Gasteiger partial charge in [0.1, 0.15) is 5.82 Å². The number of ketones is 1. The Labute approximate surface area is 152 Å². The number of anilines is 1. The molecule has 0 radical (unpaired) electrons. The first kappa shape index (κ1) is 17.5. The Bertz CT molecular complexity index is 1000. The zero-order valence-corrected chi connectivity index (χ0v) is 14.7. The molecule has 132 valence electrons. The number of nitro groups is 1. The summed E-state index contributed by atoms with van der Waals surface area (Å²) >= 11 is 1.18. The summed E-state index contributed by atoms with van der Waals surface area (Å²) in [6.07, 6.45) is 0. The molecule has 3 rings (SSSR count). The van der Waals surface area contributed by atoms with Crippen molar-refractivity contribution in [1.29, 1.82) is 0 Å². The summed E-state index contributed by atoms with van der Waals surface area (Å²) in [7, 11) is 0. The summed E-state index contributed by atoms with van der Waals surface area (Å²) in [6, 6.07) is 9.09. The summed E-state index contributed by atoms with van der Waals surface area (Å²) in [5.74, 6) is -0.0308. The molecule has 0 saturated carbocycles. The second-order valence-corrected chi connectivity index (χ2v) is 6.48. The summed E-state index contributed by atoms with van der Waals surface area (Å²) in [6.45, 7) is 3.22. The normalized spacial score (nSPS) is 10.5. The molecule has 0 aliphatic rings. The third kappa shape index (κ3) is 3.52. The van der Waals surface area contributed by atoms with Crippen LogP contribution in [0, 0.1) is 17.0 Å². The van der Waals surface area contributed by atoms with Crippen LogP contribution in [0.1, 0.15) is 32.6 Å². The molecule has 0 aliphatic heterocycles. The van der Waals surface area contributed by atoms with Gasteiger partial charge in [-0.3, -0.25) is 19.7 Å². The van der Waals surface area contributed by atoms with Crippen molar-refractivity contribution >= 4 is 34.5 Å². The van der Waals surface area contributed by atoms with Crippen LogP contribution < -0.4 is 5.32 Å². The van der Waals surface area contributed by atoms with E-state index in [4.69, 9.17) is 0 Å². The number of carbonyl (C=O) groups is 2. The maximum atomic E-state index is 12.4. The van der Waals surface area contributed by atoms with E-state index in [1.165, 1.54) is 35.1 Å². The van der Waals surface area contributed by atoms with Gasteiger partial charge in [0.05, 0.1) is 21.2 Å². The third-order valence-electron chi connectivity index (χ3n) is 3.61. The van der Waals surface area contributed by atoms with Crippen LogP contribution in [0.5, 0.6) is 0 Å². The zero-order chi connectivity index (χ0) is 18.8. The van der Waals surface area contributed by atoms with E-state index in [-0.39, 0.29) is 17.4 Å². The third-order valence-corrected chi connectivity index (χ3v) is 4.54. The van der Waals surface area contributed by atoms with Crippen molar-refractivity contribution in [3.63, 3.8) is 0 Å². The number of nitrogens with one attached hydrogen (secondary N) is 1. The van der Waals surface area contributed by atoms with Crippen molar-refractivity contribution in [2.75, 3.05) is 5.32 Å². The van der Waals surface area contributed by atoms with Crippen molar-refractivity contribution in [2.24, 2.45) is 0 Å². The monoisotopic (exact) mass is 370 g/mol. The Hall–Kier alpha value is -3.33. The van der Waals surface area contributed by atoms with Gasteiger partial charge in [0.25, 0.3) is 11.6 Å². The maximum absolute atomic E-state index is 12.4. The van der Waals surface area contributed by atoms with Gasteiger partial charge >= 0.3 is 0 Å². The number of carbonyl (C=O) groups excluding carboxylic acids is 2. The molecule has 0 aliphatic carbocycles. The number of rotatable bonds is 5. The molecule has 1 amide bonds. The average Bonchev–Trinajstić information content (AvgIpc) is 3.22. The minimum absolute atomic E-state index is 0.0291. The Kier molecular flexibility index (Phi) is 4.63. The topological polar surface area (TPSA) is 107 Å². The quantitative estimate of drug-likeness (QED) is 0.419. The van der Waals surface area contributed by atoms with Crippen LogP contribution in [-0.4, -0.2) is 26.4 Å². The largest absolute Gasteiger partial charge is 0.306 e. The highest BCUT2D eigenvalue weighted by Crippen LogP contribution is 2.22. The van der Waals surface area contributed by atoms with E-state index in [2.05, 4.69) is 10.4 Å². The molecule has 2 heterocycles. The lowest BCUT2D eigenvalue weighted by atomic mass is 10.2. The summed E-state index contributed by atoms with van der Waals surface area (Å²) in [5, 5.41) is 19.5. The Morgan fingerprint density at radius 1 is 1.23 bits per heavy atom. The van der Waals surface area contributed by atoms with Crippen LogP contribution in [0.15, 0.2) is 41.8 Å². The van der Waals surface area contributed by atoms with Gasteiger partial charge in [-0.2, -0.15) is 5.10 Å². The summed E-state index contributed by atoms with van der Waals surface area (Å²) < 4.78 is 1.50. The maximum Gasteiger partial charge on any atom is 0.269 e. The molecular formula is C17H14N4O4S. The Morgan fingerprint density at radius 2 is 1.92 bits per heavy atom. The first-order valence-electron chi connectivity index (χ1n) is 7.57. The van der Waals surface area contributed by atoms with Gasteiger partial charge < -0.3 is 5.32 Å². The number of thiophene rings is 1. The lowest BCUT2D eigenvalue weighted by Crippen LogP contribution is -2.14.